The van der Waals surface area contributed by atoms with E-state index < -0.39 is 0 Å². The number of para-hydroxylation sites is 2. The number of nitrogens with zero attached hydrogens (tertiary/aromatic N) is 2. The van der Waals surface area contributed by atoms with Gasteiger partial charge in [0.05, 0.1) is 22.1 Å². The normalized spacial score (nSPS) is 11.9. The van der Waals surface area contributed by atoms with Gasteiger partial charge >= 0.3 is 0 Å². The van der Waals surface area contributed by atoms with Crippen molar-refractivity contribution in [1.82, 2.24) is 9.13 Å². The third-order valence-corrected chi connectivity index (χ3v) is 27.5. The molecule has 0 spiro atoms. The fraction of sp³-hybridized carbons (Fsp3) is 0. The van der Waals surface area contributed by atoms with Crippen molar-refractivity contribution in [1.29, 1.82) is 0 Å². The van der Waals surface area contributed by atoms with Crippen molar-refractivity contribution in [3.05, 3.63) is 484 Å². The summed E-state index contributed by atoms with van der Waals surface area (Å²) < 4.78 is 5.16. The van der Waals surface area contributed by atoms with Gasteiger partial charge in [-0.2, -0.15) is 0 Å². The standard InChI is InChI=1S/C127H78N2O/c130-127(86-47-23-8-24-48-86)94-52-32-50-88(68-94)90-60-64-100-99-63-59-89(69-107(99)97-53-25-26-54-98(97)108(100)70-90)87-49-31-51-93(67-87)122-120(84-43-19-6-20-44-84)119(83-41-17-5-18-42-83)121(85-45-21-7-22-46-85)125-113-75-95(128-115-57-29-27-55-101(115)103-65-61-91(71-117(103)128)79-33-9-1-10-34-79)73-111-109-77-105(81-37-13-3-14-38-81)106(82-39-15-4-16-40-82)78-110(109)112-74-96(76-114(126(122)125)124(112)123(111)113)129-116-58-30-28-56-102(116)104-66-62-92(72-118(104)129)80-35-11-2-12-36-80/h1-78H. The number of hydrogen-bond donors (Lipinski definition) is 0. The zero-order chi connectivity index (χ0) is 85.6. The van der Waals surface area contributed by atoms with Crippen LogP contribution in [-0.2, 0) is 0 Å². The molecule has 0 radical (unpaired) electrons. The molecule has 24 aromatic carbocycles. The molecule has 0 aliphatic rings. The lowest BCUT2D eigenvalue weighted by Crippen LogP contribution is -2.02. The Morgan fingerprint density at radius 2 is 0.431 bits per heavy atom. The number of ketones is 1. The Morgan fingerprint density at radius 1 is 0.146 bits per heavy atom. The van der Waals surface area contributed by atoms with Gasteiger partial charge in [-0.3, -0.25) is 4.79 Å². The summed E-state index contributed by atoms with van der Waals surface area (Å²) in [5, 5.41) is 23.4. The summed E-state index contributed by atoms with van der Waals surface area (Å²) in [6, 6.07) is 176. The van der Waals surface area contributed by atoms with Crippen molar-refractivity contribution >= 4 is 136 Å². The second kappa shape index (κ2) is 30.1. The van der Waals surface area contributed by atoms with E-state index >= 15 is 0 Å². The molecular weight excluding hydrogens is 1570 g/mol. The van der Waals surface area contributed by atoms with Crippen molar-refractivity contribution in [3.8, 4) is 123 Å². The van der Waals surface area contributed by atoms with Crippen LogP contribution in [0.25, 0.3) is 252 Å². The molecule has 0 saturated heterocycles. The van der Waals surface area contributed by atoms with Crippen LogP contribution in [0.5, 0.6) is 0 Å². The predicted octanol–water partition coefficient (Wildman–Crippen LogP) is 34.4. The van der Waals surface area contributed by atoms with E-state index in [0.717, 1.165) is 193 Å². The molecule has 0 bridgehead atoms. The zero-order valence-corrected chi connectivity index (χ0v) is 70.8. The molecule has 0 N–H and O–H groups in total. The first kappa shape index (κ1) is 74.3. The van der Waals surface area contributed by atoms with E-state index in [-0.39, 0.29) is 5.78 Å². The molecule has 3 heteroatoms. The number of carbonyl (C=O) groups is 1. The molecular formula is C127H78N2O. The van der Waals surface area contributed by atoms with Gasteiger partial charge in [0.2, 0.25) is 0 Å². The first-order chi connectivity index (χ1) is 64.4. The minimum Gasteiger partial charge on any atom is -0.309 e. The van der Waals surface area contributed by atoms with E-state index in [4.69, 9.17) is 0 Å². The second-order valence-corrected chi connectivity index (χ2v) is 34.7. The van der Waals surface area contributed by atoms with E-state index in [1.54, 1.807) is 0 Å². The number of benzene rings is 24. The first-order valence-corrected chi connectivity index (χ1v) is 44.9. The Balaban J connectivity index is 0.840. The van der Waals surface area contributed by atoms with E-state index in [2.05, 4.69) is 434 Å². The Labute approximate surface area is 751 Å². The van der Waals surface area contributed by atoms with Gasteiger partial charge < -0.3 is 9.13 Å². The zero-order valence-electron chi connectivity index (χ0n) is 70.8. The third kappa shape index (κ3) is 11.9. The maximum atomic E-state index is 14.0. The monoisotopic (exact) mass is 1650 g/mol. The van der Waals surface area contributed by atoms with Crippen molar-refractivity contribution in [3.63, 3.8) is 0 Å². The molecule has 26 rings (SSSR count). The Morgan fingerprint density at radius 3 is 0.869 bits per heavy atom. The third-order valence-electron chi connectivity index (χ3n) is 27.5. The highest BCUT2D eigenvalue weighted by atomic mass is 16.1. The average Bonchev–Trinajstić information content (AvgIpc) is 0.812. The van der Waals surface area contributed by atoms with Gasteiger partial charge in [0, 0.05) is 44.0 Å². The van der Waals surface area contributed by atoms with Crippen molar-refractivity contribution in [2.24, 2.45) is 0 Å². The highest BCUT2D eigenvalue weighted by molar-refractivity contribution is 6.45. The molecule has 26 aromatic rings. The summed E-state index contributed by atoms with van der Waals surface area (Å²) in [5.41, 5.74) is 30.4. The molecule has 0 atom stereocenters. The molecule has 0 saturated carbocycles. The molecule has 2 aromatic heterocycles. The smallest absolute Gasteiger partial charge is 0.193 e. The second-order valence-electron chi connectivity index (χ2n) is 34.7. The molecule has 0 unspecified atom stereocenters. The minimum atomic E-state index is 0.00738. The number of fused-ring (bicyclic) bond motifs is 18. The maximum Gasteiger partial charge on any atom is 0.193 e. The van der Waals surface area contributed by atoms with Crippen LogP contribution in [-0.4, -0.2) is 14.9 Å². The summed E-state index contributed by atoms with van der Waals surface area (Å²) in [5.74, 6) is 0.00738. The van der Waals surface area contributed by atoms with E-state index in [0.29, 0.717) is 11.1 Å². The van der Waals surface area contributed by atoms with Crippen LogP contribution in [0, 0.1) is 0 Å². The Bertz CT molecular complexity index is 9100. The SMILES string of the molecule is O=C(c1ccccc1)c1cccc(-c2ccc3c4ccc(-c5cccc(-c6c(-c7ccccc7)c(-c7ccccc7)c(-c7ccccc7)c7c8cc(-n9c%10ccccc%10c%10ccc(-c%11ccccc%11)cc%109)cc9c%10cc(-c%11ccccc%11)c(-c%11ccccc%11)cc%10c%10cc(-n%11c%12ccccc%12c%12ccc(-c%13ccccc%13)cc%12%11)cc(c67)c%10c98)c5)cc4c4ccccc4c3c2)c1. The average molecular weight is 1650 g/mol. The Kier molecular flexibility index (Phi) is 17.2. The Hall–Kier alpha value is -17.1. The van der Waals surface area contributed by atoms with Crippen molar-refractivity contribution in [2.45, 2.75) is 0 Å². The van der Waals surface area contributed by atoms with E-state index in [1.165, 1.54) is 59.2 Å². The number of carbonyl (C=O) groups excluding carboxylic acids is 1. The van der Waals surface area contributed by atoms with Gasteiger partial charge in [0.25, 0.3) is 0 Å². The predicted molar refractivity (Wildman–Crippen MR) is 551 cm³/mol. The fourth-order valence-electron chi connectivity index (χ4n) is 21.8. The van der Waals surface area contributed by atoms with Crippen LogP contribution < -0.4 is 0 Å². The van der Waals surface area contributed by atoms with Crippen LogP contribution in [0.3, 0.4) is 0 Å². The van der Waals surface area contributed by atoms with Gasteiger partial charge in [-0.1, -0.05) is 388 Å². The molecule has 0 aliphatic carbocycles. The molecule has 602 valence electrons. The summed E-state index contributed by atoms with van der Waals surface area (Å²) >= 11 is 0. The van der Waals surface area contributed by atoms with Gasteiger partial charge in [-0.25, -0.2) is 0 Å². The van der Waals surface area contributed by atoms with Crippen molar-refractivity contribution in [2.75, 3.05) is 0 Å². The van der Waals surface area contributed by atoms with Gasteiger partial charge in [-0.05, 0) is 282 Å². The largest absolute Gasteiger partial charge is 0.309 e. The minimum absolute atomic E-state index is 0.00738. The van der Waals surface area contributed by atoms with Crippen LogP contribution >= 0.6 is 0 Å². The molecule has 0 fully saturated rings. The van der Waals surface area contributed by atoms with Gasteiger partial charge in [0.1, 0.15) is 0 Å². The summed E-state index contributed by atoms with van der Waals surface area (Å²) in [6.07, 6.45) is 0. The number of aromatic nitrogens is 2. The molecule has 0 aliphatic heterocycles. The lowest BCUT2D eigenvalue weighted by Gasteiger charge is -2.28. The van der Waals surface area contributed by atoms with Crippen LogP contribution in [0.4, 0.5) is 0 Å². The summed E-state index contributed by atoms with van der Waals surface area (Å²) in [6.45, 7) is 0. The highest BCUT2D eigenvalue weighted by Gasteiger charge is 2.32. The van der Waals surface area contributed by atoms with Crippen LogP contribution in [0.1, 0.15) is 15.9 Å². The van der Waals surface area contributed by atoms with Gasteiger partial charge in [0.15, 0.2) is 5.78 Å². The summed E-state index contributed by atoms with van der Waals surface area (Å²) in [4.78, 5) is 14.0. The van der Waals surface area contributed by atoms with Gasteiger partial charge in [-0.15, -0.1) is 0 Å². The van der Waals surface area contributed by atoms with Crippen LogP contribution in [0.2, 0.25) is 0 Å². The lowest BCUT2D eigenvalue weighted by atomic mass is 9.75. The number of rotatable bonds is 14. The fourth-order valence-corrected chi connectivity index (χ4v) is 21.8. The van der Waals surface area contributed by atoms with E-state index in [1.807, 2.05) is 48.5 Å². The van der Waals surface area contributed by atoms with Crippen molar-refractivity contribution < 1.29 is 4.79 Å². The quantitative estimate of drug-likeness (QED) is 0.0606. The molecule has 130 heavy (non-hydrogen) atoms. The maximum absolute atomic E-state index is 14.0. The molecule has 3 nitrogen and oxygen atoms in total. The first-order valence-electron chi connectivity index (χ1n) is 44.9. The van der Waals surface area contributed by atoms with E-state index in [9.17, 15) is 4.79 Å². The number of hydrogen-bond acceptors (Lipinski definition) is 1. The molecule has 2 heterocycles. The lowest BCUT2D eigenvalue weighted by molar-refractivity contribution is 0.103. The van der Waals surface area contributed by atoms with Crippen LogP contribution in [0.15, 0.2) is 473 Å². The highest BCUT2D eigenvalue weighted by Crippen LogP contribution is 2.59. The molecule has 0 amide bonds. The summed E-state index contributed by atoms with van der Waals surface area (Å²) in [7, 11) is 0. The topological polar surface area (TPSA) is 26.9 Å².